The first kappa shape index (κ1) is 19.1. The second-order valence-electron chi connectivity index (χ2n) is 5.16. The van der Waals surface area contributed by atoms with Crippen LogP contribution in [0.15, 0.2) is 5.38 Å². The van der Waals surface area contributed by atoms with Crippen molar-refractivity contribution in [2.24, 2.45) is 0 Å². The quantitative estimate of drug-likeness (QED) is 0.900. The highest BCUT2D eigenvalue weighted by Crippen LogP contribution is 2.23. The molecule has 0 aliphatic carbocycles. The monoisotopic (exact) mass is 325 g/mol. The predicted octanol–water partition coefficient (Wildman–Crippen LogP) is 3.29. The SMILES string of the molecule is CNCC1CCCN1Cc1csc(C(C)C)n1.Cl.Cl. The van der Waals surface area contributed by atoms with Crippen LogP contribution in [-0.2, 0) is 6.54 Å². The van der Waals surface area contributed by atoms with Gasteiger partial charge >= 0.3 is 0 Å². The molecule has 112 valence electrons. The highest BCUT2D eigenvalue weighted by atomic mass is 35.5. The number of thiazole rings is 1. The molecule has 1 saturated heterocycles. The van der Waals surface area contributed by atoms with Gasteiger partial charge in [-0.3, -0.25) is 4.90 Å². The molecule has 3 nitrogen and oxygen atoms in total. The molecular weight excluding hydrogens is 301 g/mol. The lowest BCUT2D eigenvalue weighted by atomic mass is 10.2. The number of nitrogens with zero attached hydrogens (tertiary/aromatic N) is 2. The summed E-state index contributed by atoms with van der Waals surface area (Å²) in [6.45, 7) is 7.77. The van der Waals surface area contributed by atoms with Crippen molar-refractivity contribution in [2.45, 2.75) is 45.2 Å². The zero-order valence-corrected chi connectivity index (χ0v) is 14.3. The van der Waals surface area contributed by atoms with Crippen LogP contribution >= 0.6 is 36.2 Å². The van der Waals surface area contributed by atoms with Crippen LogP contribution in [0.1, 0.15) is 43.3 Å². The average molecular weight is 326 g/mol. The summed E-state index contributed by atoms with van der Waals surface area (Å²) in [6, 6.07) is 0.698. The molecule has 2 rings (SSSR count). The van der Waals surface area contributed by atoms with Crippen LogP contribution in [0.4, 0.5) is 0 Å². The van der Waals surface area contributed by atoms with Gasteiger partial charge in [-0.15, -0.1) is 36.2 Å². The Balaban J connectivity index is 0.00000162. The third-order valence-electron chi connectivity index (χ3n) is 3.37. The van der Waals surface area contributed by atoms with Crippen molar-refractivity contribution in [1.29, 1.82) is 0 Å². The molecule has 1 aromatic rings. The maximum atomic E-state index is 4.72. The van der Waals surface area contributed by atoms with Crippen molar-refractivity contribution in [1.82, 2.24) is 15.2 Å². The van der Waals surface area contributed by atoms with E-state index >= 15 is 0 Å². The minimum atomic E-state index is 0. The van der Waals surface area contributed by atoms with E-state index in [-0.39, 0.29) is 24.8 Å². The Hall–Kier alpha value is 0.130. The molecule has 1 fully saturated rings. The van der Waals surface area contributed by atoms with Crippen LogP contribution in [0.5, 0.6) is 0 Å². The van der Waals surface area contributed by atoms with Crippen molar-refractivity contribution in [3.63, 3.8) is 0 Å². The lowest BCUT2D eigenvalue weighted by molar-refractivity contribution is 0.240. The smallest absolute Gasteiger partial charge is 0.0954 e. The van der Waals surface area contributed by atoms with Crippen molar-refractivity contribution in [2.75, 3.05) is 20.1 Å². The normalized spacial score (nSPS) is 19.3. The molecule has 1 aliphatic rings. The van der Waals surface area contributed by atoms with Crippen LogP contribution in [0.3, 0.4) is 0 Å². The summed E-state index contributed by atoms with van der Waals surface area (Å²) in [4.78, 5) is 7.29. The maximum Gasteiger partial charge on any atom is 0.0954 e. The van der Waals surface area contributed by atoms with E-state index in [1.165, 1.54) is 30.1 Å². The van der Waals surface area contributed by atoms with Gasteiger partial charge in [0.15, 0.2) is 0 Å². The number of rotatable bonds is 5. The molecule has 0 amide bonds. The zero-order valence-electron chi connectivity index (χ0n) is 11.9. The van der Waals surface area contributed by atoms with Gasteiger partial charge in [0.25, 0.3) is 0 Å². The Morgan fingerprint density at radius 3 is 2.79 bits per heavy atom. The van der Waals surface area contributed by atoms with E-state index < -0.39 is 0 Å². The predicted molar refractivity (Wildman–Crippen MR) is 88.1 cm³/mol. The first-order valence-electron chi connectivity index (χ1n) is 6.53. The molecule has 19 heavy (non-hydrogen) atoms. The summed E-state index contributed by atoms with van der Waals surface area (Å²) >= 11 is 1.80. The molecule has 1 N–H and O–H groups in total. The standard InChI is InChI=1S/C13H23N3S.2ClH/c1-10(2)13-15-11(9-17-13)8-16-6-4-5-12(16)7-14-3;;/h9-10,12,14H,4-8H2,1-3H3;2*1H. The fourth-order valence-electron chi connectivity index (χ4n) is 2.44. The van der Waals surface area contributed by atoms with Crippen LogP contribution in [0.25, 0.3) is 0 Å². The van der Waals surface area contributed by atoms with E-state index in [0.717, 1.165) is 13.1 Å². The van der Waals surface area contributed by atoms with Gasteiger partial charge < -0.3 is 5.32 Å². The highest BCUT2D eigenvalue weighted by Gasteiger charge is 2.24. The van der Waals surface area contributed by atoms with E-state index in [4.69, 9.17) is 4.98 Å². The third kappa shape index (κ3) is 5.20. The Bertz CT molecular complexity index is 357. The van der Waals surface area contributed by atoms with Crippen molar-refractivity contribution < 1.29 is 0 Å². The summed E-state index contributed by atoms with van der Waals surface area (Å²) < 4.78 is 0. The van der Waals surface area contributed by atoms with E-state index in [9.17, 15) is 0 Å². The molecule has 0 saturated carbocycles. The third-order valence-corrected chi connectivity index (χ3v) is 4.56. The number of likely N-dealkylation sites (N-methyl/N-ethyl adjacent to an activating group) is 1. The summed E-state index contributed by atoms with van der Waals surface area (Å²) in [7, 11) is 2.04. The Morgan fingerprint density at radius 2 is 2.21 bits per heavy atom. The molecule has 0 bridgehead atoms. The van der Waals surface area contributed by atoms with Gasteiger partial charge in [0, 0.05) is 30.4 Å². The van der Waals surface area contributed by atoms with Crippen molar-refractivity contribution in [3.05, 3.63) is 16.1 Å². The number of hydrogen-bond acceptors (Lipinski definition) is 4. The zero-order chi connectivity index (χ0) is 12.3. The van der Waals surface area contributed by atoms with Gasteiger partial charge in [0.05, 0.1) is 10.7 Å². The Kier molecular flexibility index (Phi) is 9.20. The second kappa shape index (κ2) is 9.14. The number of hydrogen-bond donors (Lipinski definition) is 1. The Labute approximate surface area is 133 Å². The Morgan fingerprint density at radius 1 is 1.47 bits per heavy atom. The lowest BCUT2D eigenvalue weighted by Gasteiger charge is -2.23. The fraction of sp³-hybridized carbons (Fsp3) is 0.769. The van der Waals surface area contributed by atoms with Crippen LogP contribution in [0, 0.1) is 0 Å². The number of likely N-dealkylation sites (tertiary alicyclic amines) is 1. The molecule has 0 aromatic carbocycles. The number of nitrogens with one attached hydrogen (secondary N) is 1. The van der Waals surface area contributed by atoms with Gasteiger partial charge in [-0.25, -0.2) is 4.98 Å². The molecule has 1 aromatic heterocycles. The molecule has 0 radical (unpaired) electrons. The highest BCUT2D eigenvalue weighted by molar-refractivity contribution is 7.09. The van der Waals surface area contributed by atoms with E-state index in [2.05, 4.69) is 29.4 Å². The first-order chi connectivity index (χ1) is 8.20. The van der Waals surface area contributed by atoms with Gasteiger partial charge in [-0.05, 0) is 26.4 Å². The van der Waals surface area contributed by atoms with E-state index in [0.29, 0.717) is 12.0 Å². The molecule has 6 heteroatoms. The summed E-state index contributed by atoms with van der Waals surface area (Å²) in [6.07, 6.45) is 2.65. The van der Waals surface area contributed by atoms with Crippen LogP contribution in [-0.4, -0.2) is 36.1 Å². The molecule has 1 atom stereocenters. The van der Waals surface area contributed by atoms with Crippen LogP contribution in [0.2, 0.25) is 0 Å². The lowest BCUT2D eigenvalue weighted by Crippen LogP contribution is -2.36. The van der Waals surface area contributed by atoms with Gasteiger partial charge in [-0.2, -0.15) is 0 Å². The van der Waals surface area contributed by atoms with Crippen molar-refractivity contribution >= 4 is 36.2 Å². The second-order valence-corrected chi connectivity index (χ2v) is 6.05. The van der Waals surface area contributed by atoms with Gasteiger partial charge in [0.1, 0.15) is 0 Å². The van der Waals surface area contributed by atoms with Crippen LogP contribution < -0.4 is 5.32 Å². The molecule has 0 spiro atoms. The largest absolute Gasteiger partial charge is 0.318 e. The topological polar surface area (TPSA) is 28.2 Å². The first-order valence-corrected chi connectivity index (χ1v) is 7.41. The minimum Gasteiger partial charge on any atom is -0.318 e. The molecule has 2 heterocycles. The average Bonchev–Trinajstić information content (AvgIpc) is 2.90. The van der Waals surface area contributed by atoms with E-state index in [1.807, 2.05) is 7.05 Å². The maximum absolute atomic E-state index is 4.72. The summed E-state index contributed by atoms with van der Waals surface area (Å²) in [5, 5.41) is 6.78. The minimum absolute atomic E-state index is 0. The van der Waals surface area contributed by atoms with Gasteiger partial charge in [-0.1, -0.05) is 13.8 Å². The number of aromatic nitrogens is 1. The molecule has 1 unspecified atom stereocenters. The molecular formula is C13H25Cl2N3S. The number of halogens is 2. The summed E-state index contributed by atoms with van der Waals surface area (Å²) in [5.74, 6) is 0.556. The van der Waals surface area contributed by atoms with Crippen molar-refractivity contribution in [3.8, 4) is 0 Å². The summed E-state index contributed by atoms with van der Waals surface area (Å²) in [5.41, 5.74) is 1.25. The van der Waals surface area contributed by atoms with Gasteiger partial charge in [0.2, 0.25) is 0 Å². The van der Waals surface area contributed by atoms with E-state index in [1.54, 1.807) is 11.3 Å². The fourth-order valence-corrected chi connectivity index (χ4v) is 3.26. The molecule has 1 aliphatic heterocycles.